The van der Waals surface area contributed by atoms with E-state index in [1.54, 1.807) is 6.20 Å². The van der Waals surface area contributed by atoms with Crippen molar-refractivity contribution in [3.05, 3.63) is 24.4 Å². The number of nitrogens with two attached hydrogens (primary N) is 1. The summed E-state index contributed by atoms with van der Waals surface area (Å²) in [6.45, 7) is 2.06. The number of anilines is 2. The van der Waals surface area contributed by atoms with E-state index in [2.05, 4.69) is 22.2 Å². The Morgan fingerprint density at radius 3 is 2.95 bits per heavy atom. The molecule has 1 amide bonds. The van der Waals surface area contributed by atoms with Crippen molar-refractivity contribution < 1.29 is 4.79 Å². The first-order chi connectivity index (χ1) is 8.69. The summed E-state index contributed by atoms with van der Waals surface area (Å²) in [5, 5.41) is 3.72. The van der Waals surface area contributed by atoms with Gasteiger partial charge < -0.3 is 11.1 Å². The number of carbonyl (C=O) groups is 1. The van der Waals surface area contributed by atoms with Crippen LogP contribution in [0.15, 0.2) is 24.4 Å². The molecule has 0 aliphatic rings. The van der Waals surface area contributed by atoms with Gasteiger partial charge in [0.25, 0.3) is 0 Å². The fourth-order valence-corrected chi connectivity index (χ4v) is 1.69. The molecule has 102 valence electrons. The molecule has 0 spiro atoms. The Labute approximate surface area is 118 Å². The lowest BCUT2D eigenvalue weighted by Gasteiger charge is -2.06. The predicted molar refractivity (Wildman–Crippen MR) is 79.4 cm³/mol. The lowest BCUT2D eigenvalue weighted by molar-refractivity contribution is -0.116. The molecule has 1 aromatic heterocycles. The van der Waals surface area contributed by atoms with E-state index in [4.69, 9.17) is 5.73 Å². The summed E-state index contributed by atoms with van der Waals surface area (Å²) in [4.78, 5) is 19.6. The normalized spacial score (nSPS) is 9.95. The van der Waals surface area contributed by atoms with E-state index < -0.39 is 0 Å². The van der Waals surface area contributed by atoms with Crippen molar-refractivity contribution in [2.75, 3.05) is 11.1 Å². The number of nitrogens with one attached hydrogen (secondary N) is 1. The van der Waals surface area contributed by atoms with Crippen molar-refractivity contribution in [3.8, 4) is 0 Å². The molecule has 19 heavy (non-hydrogen) atoms. The third-order valence-corrected chi connectivity index (χ3v) is 2.64. The molecule has 0 saturated heterocycles. The van der Waals surface area contributed by atoms with Crippen LogP contribution in [0.1, 0.15) is 26.2 Å². The number of nitrogen functional groups attached to an aromatic ring is 1. The van der Waals surface area contributed by atoms with Crippen LogP contribution in [0.4, 0.5) is 11.6 Å². The molecule has 0 saturated carbocycles. The van der Waals surface area contributed by atoms with E-state index in [1.807, 2.05) is 18.2 Å². The third kappa shape index (κ3) is 4.06. The Morgan fingerprint density at radius 1 is 1.42 bits per heavy atom. The lowest BCUT2D eigenvalue weighted by Crippen LogP contribution is -2.10. The Kier molecular flexibility index (Phi) is 5.51. The molecule has 0 aliphatic heterocycles. The van der Waals surface area contributed by atoms with Crippen LogP contribution in [0.25, 0.3) is 10.9 Å². The van der Waals surface area contributed by atoms with Crippen molar-refractivity contribution in [2.45, 2.75) is 26.2 Å². The van der Waals surface area contributed by atoms with E-state index in [0.717, 1.165) is 29.4 Å². The zero-order valence-corrected chi connectivity index (χ0v) is 11.5. The summed E-state index contributed by atoms with van der Waals surface area (Å²) in [6.07, 6.45) is 4.11. The van der Waals surface area contributed by atoms with E-state index in [9.17, 15) is 4.79 Å². The Balaban J connectivity index is 0.00000180. The van der Waals surface area contributed by atoms with Crippen molar-refractivity contribution in [1.29, 1.82) is 0 Å². The number of halogens is 1. The van der Waals surface area contributed by atoms with Gasteiger partial charge in [0, 0.05) is 23.7 Å². The molecule has 0 unspecified atom stereocenters. The quantitative estimate of drug-likeness (QED) is 0.902. The van der Waals surface area contributed by atoms with Gasteiger partial charge in [-0.05, 0) is 24.6 Å². The van der Waals surface area contributed by atoms with E-state index in [0.29, 0.717) is 6.42 Å². The summed E-state index contributed by atoms with van der Waals surface area (Å²) in [5.74, 6) is 0.287. The van der Waals surface area contributed by atoms with Crippen LogP contribution >= 0.6 is 12.4 Å². The SMILES string of the molecule is CCCCC(=O)Nc1ccc2nc(N)ncc2c1.Cl. The van der Waals surface area contributed by atoms with E-state index >= 15 is 0 Å². The van der Waals surface area contributed by atoms with Gasteiger partial charge >= 0.3 is 0 Å². The smallest absolute Gasteiger partial charge is 0.224 e. The van der Waals surface area contributed by atoms with Gasteiger partial charge in [-0.3, -0.25) is 4.79 Å². The first kappa shape index (κ1) is 15.2. The highest BCUT2D eigenvalue weighted by atomic mass is 35.5. The number of hydrogen-bond donors (Lipinski definition) is 2. The number of carbonyl (C=O) groups excluding carboxylic acids is 1. The Bertz CT molecular complexity index is 574. The topological polar surface area (TPSA) is 80.9 Å². The van der Waals surface area contributed by atoms with Gasteiger partial charge in [-0.1, -0.05) is 13.3 Å². The summed E-state index contributed by atoms with van der Waals surface area (Å²) < 4.78 is 0. The molecule has 0 fully saturated rings. The predicted octanol–water partition coefficient (Wildman–Crippen LogP) is 2.76. The van der Waals surface area contributed by atoms with Gasteiger partial charge in [0.2, 0.25) is 11.9 Å². The average Bonchev–Trinajstić information content (AvgIpc) is 2.36. The molecule has 1 aromatic carbocycles. The van der Waals surface area contributed by atoms with Gasteiger partial charge in [0.1, 0.15) is 0 Å². The second kappa shape index (κ2) is 6.89. The lowest BCUT2D eigenvalue weighted by atomic mass is 10.2. The number of hydrogen-bond acceptors (Lipinski definition) is 4. The first-order valence-electron chi connectivity index (χ1n) is 6.01. The van der Waals surface area contributed by atoms with Crippen LogP contribution < -0.4 is 11.1 Å². The van der Waals surface area contributed by atoms with E-state index in [-0.39, 0.29) is 24.3 Å². The minimum atomic E-state index is 0. The maximum Gasteiger partial charge on any atom is 0.224 e. The fraction of sp³-hybridized carbons (Fsp3) is 0.308. The number of aromatic nitrogens is 2. The zero-order chi connectivity index (χ0) is 13.0. The van der Waals surface area contributed by atoms with Gasteiger partial charge in [-0.25, -0.2) is 9.97 Å². The van der Waals surface area contributed by atoms with Crippen molar-refractivity contribution in [3.63, 3.8) is 0 Å². The number of amides is 1. The Hall–Kier alpha value is -1.88. The molecule has 0 bridgehead atoms. The molecule has 0 aliphatic carbocycles. The van der Waals surface area contributed by atoms with Crippen LogP contribution in [-0.4, -0.2) is 15.9 Å². The van der Waals surface area contributed by atoms with Crippen LogP contribution in [-0.2, 0) is 4.79 Å². The molecule has 1 heterocycles. The van der Waals surface area contributed by atoms with Crippen LogP contribution in [0, 0.1) is 0 Å². The second-order valence-electron chi connectivity index (χ2n) is 4.15. The monoisotopic (exact) mass is 280 g/mol. The molecule has 2 aromatic rings. The van der Waals surface area contributed by atoms with Crippen molar-refractivity contribution in [1.82, 2.24) is 9.97 Å². The molecule has 0 radical (unpaired) electrons. The van der Waals surface area contributed by atoms with Gasteiger partial charge in [-0.15, -0.1) is 12.4 Å². The highest BCUT2D eigenvalue weighted by molar-refractivity contribution is 5.93. The first-order valence-corrected chi connectivity index (χ1v) is 6.01. The van der Waals surface area contributed by atoms with Crippen molar-refractivity contribution in [2.24, 2.45) is 0 Å². The molecule has 5 nitrogen and oxygen atoms in total. The maximum absolute atomic E-state index is 11.6. The van der Waals surface area contributed by atoms with Gasteiger partial charge in [0.05, 0.1) is 5.52 Å². The molecular weight excluding hydrogens is 264 g/mol. The van der Waals surface area contributed by atoms with Gasteiger partial charge in [-0.2, -0.15) is 0 Å². The Morgan fingerprint density at radius 2 is 2.21 bits per heavy atom. The largest absolute Gasteiger partial charge is 0.368 e. The molecule has 2 rings (SSSR count). The maximum atomic E-state index is 11.6. The summed E-state index contributed by atoms with van der Waals surface area (Å²) in [7, 11) is 0. The molecular formula is C13H17ClN4O. The highest BCUT2D eigenvalue weighted by Crippen LogP contribution is 2.17. The fourth-order valence-electron chi connectivity index (χ4n) is 1.69. The number of rotatable bonds is 4. The summed E-state index contributed by atoms with van der Waals surface area (Å²) in [6, 6.07) is 5.49. The van der Waals surface area contributed by atoms with Crippen LogP contribution in [0.3, 0.4) is 0 Å². The molecule has 0 atom stereocenters. The number of benzene rings is 1. The third-order valence-electron chi connectivity index (χ3n) is 2.64. The minimum absolute atomic E-state index is 0. The van der Waals surface area contributed by atoms with Crippen LogP contribution in [0.2, 0.25) is 0 Å². The summed E-state index contributed by atoms with van der Waals surface area (Å²) >= 11 is 0. The number of unbranched alkanes of at least 4 members (excludes halogenated alkanes) is 1. The van der Waals surface area contributed by atoms with Gasteiger partial charge in [0.15, 0.2) is 0 Å². The molecule has 6 heteroatoms. The summed E-state index contributed by atoms with van der Waals surface area (Å²) in [5.41, 5.74) is 7.04. The van der Waals surface area contributed by atoms with E-state index in [1.165, 1.54) is 0 Å². The zero-order valence-electron chi connectivity index (χ0n) is 10.7. The standard InChI is InChI=1S/C13H16N4O.ClH/c1-2-3-4-12(18)16-10-5-6-11-9(7-10)8-15-13(14)17-11;/h5-8H,2-4H2,1H3,(H,16,18)(H2,14,15,17);1H. The average molecular weight is 281 g/mol. The van der Waals surface area contributed by atoms with Crippen molar-refractivity contribution >= 4 is 40.9 Å². The number of fused-ring (bicyclic) bond motifs is 1. The number of nitrogens with zero attached hydrogens (tertiary/aromatic N) is 2. The minimum Gasteiger partial charge on any atom is -0.368 e. The van der Waals surface area contributed by atoms with Crippen LogP contribution in [0.5, 0.6) is 0 Å². The molecule has 3 N–H and O–H groups in total. The highest BCUT2D eigenvalue weighted by Gasteiger charge is 2.03. The second-order valence-corrected chi connectivity index (χ2v) is 4.15.